The SMILES string of the molecule is Cc1cc(CN[C@@H](C)c2cccc(F)c2)c(C)n1C. The summed E-state index contributed by atoms with van der Waals surface area (Å²) in [5.74, 6) is -0.183. The van der Waals surface area contributed by atoms with E-state index in [4.69, 9.17) is 0 Å². The van der Waals surface area contributed by atoms with Gasteiger partial charge in [0, 0.05) is 31.0 Å². The highest BCUT2D eigenvalue weighted by Gasteiger charge is 2.09. The molecule has 0 aliphatic rings. The molecule has 2 nitrogen and oxygen atoms in total. The maximum atomic E-state index is 13.2. The van der Waals surface area contributed by atoms with Gasteiger partial charge in [-0.1, -0.05) is 12.1 Å². The fourth-order valence-corrected chi connectivity index (χ4v) is 2.27. The zero-order valence-corrected chi connectivity index (χ0v) is 12.0. The molecule has 0 bridgehead atoms. The van der Waals surface area contributed by atoms with Gasteiger partial charge in [-0.2, -0.15) is 0 Å². The van der Waals surface area contributed by atoms with Crippen molar-refractivity contribution in [3.8, 4) is 0 Å². The first-order valence-corrected chi connectivity index (χ1v) is 6.59. The molecule has 0 radical (unpaired) electrons. The van der Waals surface area contributed by atoms with Crippen molar-refractivity contribution < 1.29 is 4.39 Å². The van der Waals surface area contributed by atoms with Crippen LogP contribution in [-0.4, -0.2) is 4.57 Å². The maximum Gasteiger partial charge on any atom is 0.123 e. The van der Waals surface area contributed by atoms with Crippen molar-refractivity contribution in [2.24, 2.45) is 7.05 Å². The van der Waals surface area contributed by atoms with E-state index >= 15 is 0 Å². The van der Waals surface area contributed by atoms with Gasteiger partial charge in [0.25, 0.3) is 0 Å². The van der Waals surface area contributed by atoms with Crippen LogP contribution in [0.5, 0.6) is 0 Å². The molecule has 2 aromatic rings. The fourth-order valence-electron chi connectivity index (χ4n) is 2.27. The largest absolute Gasteiger partial charge is 0.352 e. The Hall–Kier alpha value is -1.61. The summed E-state index contributed by atoms with van der Waals surface area (Å²) in [4.78, 5) is 0. The molecule has 1 aromatic carbocycles. The molecule has 19 heavy (non-hydrogen) atoms. The molecule has 0 aliphatic heterocycles. The number of aryl methyl sites for hydroxylation is 1. The molecule has 102 valence electrons. The molecule has 0 spiro atoms. The summed E-state index contributed by atoms with van der Waals surface area (Å²) in [6.45, 7) is 7.08. The molecule has 3 heteroatoms. The third kappa shape index (κ3) is 3.04. The zero-order chi connectivity index (χ0) is 14.0. The van der Waals surface area contributed by atoms with Crippen molar-refractivity contribution in [3.63, 3.8) is 0 Å². The van der Waals surface area contributed by atoms with Gasteiger partial charge in [-0.15, -0.1) is 0 Å². The average molecular weight is 260 g/mol. The molecule has 0 unspecified atom stereocenters. The van der Waals surface area contributed by atoms with Gasteiger partial charge < -0.3 is 9.88 Å². The summed E-state index contributed by atoms with van der Waals surface area (Å²) in [6.07, 6.45) is 0. The monoisotopic (exact) mass is 260 g/mol. The Balaban J connectivity index is 2.04. The van der Waals surface area contributed by atoms with E-state index in [0.29, 0.717) is 0 Å². The number of nitrogens with one attached hydrogen (secondary N) is 1. The number of hydrogen-bond acceptors (Lipinski definition) is 1. The quantitative estimate of drug-likeness (QED) is 0.888. The summed E-state index contributed by atoms with van der Waals surface area (Å²) < 4.78 is 15.4. The van der Waals surface area contributed by atoms with Gasteiger partial charge in [-0.05, 0) is 50.1 Å². The highest BCUT2D eigenvalue weighted by atomic mass is 19.1. The van der Waals surface area contributed by atoms with Crippen molar-refractivity contribution >= 4 is 0 Å². The number of nitrogens with zero attached hydrogens (tertiary/aromatic N) is 1. The van der Waals surface area contributed by atoms with E-state index in [0.717, 1.165) is 12.1 Å². The first-order chi connectivity index (χ1) is 8.99. The predicted octanol–water partition coefficient (Wildman–Crippen LogP) is 3.63. The average Bonchev–Trinajstić information content (AvgIpc) is 2.63. The lowest BCUT2D eigenvalue weighted by Gasteiger charge is -2.14. The van der Waals surface area contributed by atoms with Crippen LogP contribution in [0, 0.1) is 19.7 Å². The minimum absolute atomic E-state index is 0.135. The molecular weight excluding hydrogens is 239 g/mol. The smallest absolute Gasteiger partial charge is 0.123 e. The molecule has 2 rings (SSSR count). The minimum atomic E-state index is -0.183. The van der Waals surface area contributed by atoms with Crippen LogP contribution >= 0.6 is 0 Å². The van der Waals surface area contributed by atoms with E-state index in [-0.39, 0.29) is 11.9 Å². The highest BCUT2D eigenvalue weighted by molar-refractivity contribution is 5.27. The van der Waals surface area contributed by atoms with Crippen molar-refractivity contribution in [2.45, 2.75) is 33.4 Å². The minimum Gasteiger partial charge on any atom is -0.352 e. The second-order valence-electron chi connectivity index (χ2n) is 5.11. The van der Waals surface area contributed by atoms with Gasteiger partial charge in [-0.25, -0.2) is 4.39 Å². The Morgan fingerprint density at radius 2 is 2.00 bits per heavy atom. The molecule has 1 heterocycles. The second-order valence-corrected chi connectivity index (χ2v) is 5.11. The van der Waals surface area contributed by atoms with Gasteiger partial charge >= 0.3 is 0 Å². The van der Waals surface area contributed by atoms with E-state index in [1.807, 2.05) is 6.07 Å². The summed E-state index contributed by atoms with van der Waals surface area (Å²) in [5, 5.41) is 3.44. The van der Waals surface area contributed by atoms with E-state index in [1.165, 1.54) is 23.0 Å². The van der Waals surface area contributed by atoms with Crippen molar-refractivity contribution in [3.05, 3.63) is 58.7 Å². The van der Waals surface area contributed by atoms with Crippen LogP contribution in [0.15, 0.2) is 30.3 Å². The van der Waals surface area contributed by atoms with Crippen LogP contribution in [0.25, 0.3) is 0 Å². The molecule has 1 N–H and O–H groups in total. The van der Waals surface area contributed by atoms with Gasteiger partial charge in [-0.3, -0.25) is 0 Å². The maximum absolute atomic E-state index is 13.2. The summed E-state index contributed by atoms with van der Waals surface area (Å²) >= 11 is 0. The number of aromatic nitrogens is 1. The molecule has 0 saturated carbocycles. The van der Waals surface area contributed by atoms with Crippen molar-refractivity contribution in [2.75, 3.05) is 0 Å². The van der Waals surface area contributed by atoms with Crippen LogP contribution < -0.4 is 5.32 Å². The van der Waals surface area contributed by atoms with Gasteiger partial charge in [0.2, 0.25) is 0 Å². The molecule has 0 saturated heterocycles. The first kappa shape index (κ1) is 13.8. The Kier molecular flexibility index (Phi) is 4.05. The molecule has 0 fully saturated rings. The normalized spacial score (nSPS) is 12.7. The lowest BCUT2D eigenvalue weighted by molar-refractivity contribution is 0.563. The predicted molar refractivity (Wildman–Crippen MR) is 76.5 cm³/mol. The van der Waals surface area contributed by atoms with Crippen molar-refractivity contribution in [1.29, 1.82) is 0 Å². The molecule has 1 aromatic heterocycles. The van der Waals surface area contributed by atoms with Crippen LogP contribution in [0.2, 0.25) is 0 Å². The lowest BCUT2D eigenvalue weighted by Crippen LogP contribution is -2.18. The molecular formula is C16H21FN2. The topological polar surface area (TPSA) is 17.0 Å². The Morgan fingerprint density at radius 3 is 2.58 bits per heavy atom. The van der Waals surface area contributed by atoms with Crippen LogP contribution in [0.3, 0.4) is 0 Å². The van der Waals surface area contributed by atoms with Gasteiger partial charge in [0.05, 0.1) is 0 Å². The van der Waals surface area contributed by atoms with E-state index in [2.05, 4.69) is 43.8 Å². The van der Waals surface area contributed by atoms with Crippen LogP contribution in [0.4, 0.5) is 4.39 Å². The Labute approximate surface area is 114 Å². The highest BCUT2D eigenvalue weighted by Crippen LogP contribution is 2.17. The van der Waals surface area contributed by atoms with Crippen LogP contribution in [-0.2, 0) is 13.6 Å². The van der Waals surface area contributed by atoms with Gasteiger partial charge in [0.15, 0.2) is 0 Å². The van der Waals surface area contributed by atoms with Crippen LogP contribution in [0.1, 0.15) is 35.5 Å². The molecule has 0 aliphatic carbocycles. The van der Waals surface area contributed by atoms with E-state index < -0.39 is 0 Å². The van der Waals surface area contributed by atoms with E-state index in [1.54, 1.807) is 12.1 Å². The standard InChI is InChI=1S/C16H21FN2/c1-11-8-15(13(3)19(11)4)10-18-12(2)14-6-5-7-16(17)9-14/h5-9,12,18H,10H2,1-4H3/t12-/m0/s1. The van der Waals surface area contributed by atoms with E-state index in [9.17, 15) is 4.39 Å². The summed E-state index contributed by atoms with van der Waals surface area (Å²) in [6, 6.07) is 9.09. The summed E-state index contributed by atoms with van der Waals surface area (Å²) in [7, 11) is 2.07. The van der Waals surface area contributed by atoms with Crippen molar-refractivity contribution in [1.82, 2.24) is 9.88 Å². The van der Waals surface area contributed by atoms with Gasteiger partial charge in [0.1, 0.15) is 5.82 Å². The number of rotatable bonds is 4. The third-order valence-electron chi connectivity index (χ3n) is 3.83. The third-order valence-corrected chi connectivity index (χ3v) is 3.83. The Morgan fingerprint density at radius 1 is 1.26 bits per heavy atom. The summed E-state index contributed by atoms with van der Waals surface area (Å²) in [5.41, 5.74) is 4.80. The molecule has 1 atom stereocenters. The molecule has 0 amide bonds. The zero-order valence-electron chi connectivity index (χ0n) is 12.0. The fraction of sp³-hybridized carbons (Fsp3) is 0.375. The Bertz CT molecular complexity index is 572. The first-order valence-electron chi connectivity index (χ1n) is 6.59. The number of hydrogen-bond donors (Lipinski definition) is 1. The second kappa shape index (κ2) is 5.57. The lowest BCUT2D eigenvalue weighted by atomic mass is 10.1. The number of halogens is 1. The number of benzene rings is 1.